The van der Waals surface area contributed by atoms with Crippen molar-refractivity contribution in [1.82, 2.24) is 15.6 Å². The number of hydrogen-bond donors (Lipinski definition) is 4. The maximum absolute atomic E-state index is 13.2. The molecule has 5 rings (SSSR count). The van der Waals surface area contributed by atoms with Crippen molar-refractivity contribution < 1.29 is 32.7 Å². The fourth-order valence-corrected chi connectivity index (χ4v) is 6.80. The zero-order valence-corrected chi connectivity index (χ0v) is 25.7. The number of benzene rings is 3. The monoisotopic (exact) mass is 656 g/mol. The number of urea groups is 1. The average Bonchev–Trinajstić information content (AvgIpc) is 3.41. The minimum absolute atomic E-state index is 0.00184. The fraction of sp³-hybridized carbons (Fsp3) is 0.312. The molecule has 1 aromatic heterocycles. The number of anilines is 1. The minimum atomic E-state index is -4.42. The predicted octanol–water partition coefficient (Wildman–Crippen LogP) is 8.07. The molecule has 1 atom stereocenters. The zero-order chi connectivity index (χ0) is 32.0. The number of thiazole rings is 1. The van der Waals surface area contributed by atoms with Crippen molar-refractivity contribution in [3.63, 3.8) is 0 Å². The predicted molar refractivity (Wildman–Crippen MR) is 169 cm³/mol. The molecule has 1 saturated carbocycles. The van der Waals surface area contributed by atoms with Gasteiger partial charge in [-0.15, -0.1) is 0 Å². The van der Waals surface area contributed by atoms with Gasteiger partial charge in [0.2, 0.25) is 0 Å². The number of nitrogens with zero attached hydrogens (tertiary/aromatic N) is 1. The van der Waals surface area contributed by atoms with E-state index in [0.717, 1.165) is 29.7 Å². The van der Waals surface area contributed by atoms with Crippen LogP contribution in [0, 0.1) is 0 Å². The molecule has 1 unspecified atom stereocenters. The highest BCUT2D eigenvalue weighted by molar-refractivity contribution is 8.00. The van der Waals surface area contributed by atoms with E-state index in [1.54, 1.807) is 30.3 Å². The van der Waals surface area contributed by atoms with Crippen LogP contribution in [0.4, 0.5) is 23.1 Å². The van der Waals surface area contributed by atoms with Crippen molar-refractivity contribution in [2.45, 2.75) is 60.9 Å². The summed E-state index contributed by atoms with van der Waals surface area (Å²) in [6, 6.07) is 17.9. The molecule has 13 heteroatoms. The van der Waals surface area contributed by atoms with Crippen LogP contribution in [0.5, 0.6) is 0 Å². The molecule has 1 aliphatic rings. The van der Waals surface area contributed by atoms with Gasteiger partial charge in [0, 0.05) is 17.0 Å². The number of carboxylic acid groups (broad SMARTS) is 1. The summed E-state index contributed by atoms with van der Waals surface area (Å²) >= 11 is 0.923. The molecular weight excluding hydrogens is 626 g/mol. The summed E-state index contributed by atoms with van der Waals surface area (Å²) in [5.41, 5.74) is -0.949. The van der Waals surface area contributed by atoms with Crippen LogP contribution in [0.15, 0.2) is 71.6 Å². The van der Waals surface area contributed by atoms with Crippen LogP contribution in [0.25, 0.3) is 10.2 Å². The third-order valence-corrected chi connectivity index (χ3v) is 9.24. The van der Waals surface area contributed by atoms with Gasteiger partial charge >= 0.3 is 17.5 Å². The third-order valence-electron chi connectivity index (χ3n) is 7.57. The number of carbonyl (C=O) groups is 3. The summed E-state index contributed by atoms with van der Waals surface area (Å²) < 4.78 is 39.1. The Labute approximate surface area is 265 Å². The Kier molecular flexibility index (Phi) is 10.3. The molecule has 0 aliphatic heterocycles. The number of aliphatic carboxylic acids is 1. The van der Waals surface area contributed by atoms with Crippen LogP contribution < -0.4 is 16.0 Å². The molecule has 0 saturated heterocycles. The normalized spacial score (nSPS) is 14.6. The van der Waals surface area contributed by atoms with E-state index >= 15 is 0 Å². The maximum atomic E-state index is 13.2. The molecule has 0 radical (unpaired) electrons. The summed E-state index contributed by atoms with van der Waals surface area (Å²) in [4.78, 5) is 40.8. The molecule has 4 N–H and O–H groups in total. The quantitative estimate of drug-likeness (QED) is 0.128. The largest absolute Gasteiger partial charge is 0.481 e. The Bertz CT molecular complexity index is 1650. The molecule has 45 heavy (non-hydrogen) atoms. The van der Waals surface area contributed by atoms with Gasteiger partial charge in [0.05, 0.1) is 22.7 Å². The number of halogens is 3. The summed E-state index contributed by atoms with van der Waals surface area (Å²) in [5, 5.41) is 17.3. The van der Waals surface area contributed by atoms with E-state index in [9.17, 15) is 27.6 Å². The molecule has 4 aromatic rings. The Morgan fingerprint density at radius 1 is 0.956 bits per heavy atom. The Morgan fingerprint density at radius 3 is 2.27 bits per heavy atom. The molecule has 3 aromatic carbocycles. The van der Waals surface area contributed by atoms with E-state index in [1.165, 1.54) is 37.0 Å². The first-order valence-corrected chi connectivity index (χ1v) is 16.1. The van der Waals surface area contributed by atoms with Crippen LogP contribution in [-0.2, 0) is 4.79 Å². The van der Waals surface area contributed by atoms with Gasteiger partial charge in [-0.2, -0.15) is 13.2 Å². The van der Waals surface area contributed by atoms with Gasteiger partial charge in [-0.1, -0.05) is 67.0 Å². The van der Waals surface area contributed by atoms with Crippen molar-refractivity contribution >= 4 is 56.4 Å². The lowest BCUT2D eigenvalue weighted by atomic mass is 9.83. The summed E-state index contributed by atoms with van der Waals surface area (Å²) in [6.45, 7) is 0.00184. The number of rotatable bonds is 10. The molecule has 3 amide bonds. The molecular formula is C32H31F3N4O4S2. The Morgan fingerprint density at radius 2 is 1.62 bits per heavy atom. The molecule has 1 heterocycles. The van der Waals surface area contributed by atoms with Gasteiger partial charge in [0.1, 0.15) is 0 Å². The number of hydrogen-bond acceptors (Lipinski definition) is 6. The standard InChI is InChI=1S/C32H31F3N4O4S2/c33-32(34,35)45-24-14-15-26-25(18-24)37-31(44-26)39-30(43)38-28(21-8-6-20(7-9-21)19-4-2-1-3-5-19)22-10-12-23(13-11-22)29(42)36-17-16-27(40)41/h6-15,18-19,28H,1-5,16-17H2,(H,36,42)(H,40,41)(H2,37,38,39,43). The topological polar surface area (TPSA) is 120 Å². The van der Waals surface area contributed by atoms with E-state index in [4.69, 9.17) is 5.11 Å². The van der Waals surface area contributed by atoms with Crippen molar-refractivity contribution in [2.24, 2.45) is 0 Å². The van der Waals surface area contributed by atoms with E-state index in [1.807, 2.05) is 12.1 Å². The summed E-state index contributed by atoms with van der Waals surface area (Å²) in [5.74, 6) is -0.909. The fourth-order valence-electron chi connectivity index (χ4n) is 5.39. The van der Waals surface area contributed by atoms with Crippen molar-refractivity contribution in [3.8, 4) is 0 Å². The third kappa shape index (κ3) is 8.98. The second kappa shape index (κ2) is 14.3. The molecule has 8 nitrogen and oxygen atoms in total. The second-order valence-corrected chi connectivity index (χ2v) is 12.9. The number of alkyl halides is 3. The number of thioether (sulfide) groups is 1. The first-order valence-electron chi connectivity index (χ1n) is 14.5. The molecule has 236 valence electrons. The van der Waals surface area contributed by atoms with E-state index in [0.29, 0.717) is 27.3 Å². The van der Waals surface area contributed by atoms with E-state index in [-0.39, 0.29) is 34.8 Å². The Balaban J connectivity index is 1.34. The highest BCUT2D eigenvalue weighted by atomic mass is 32.2. The van der Waals surface area contributed by atoms with Gasteiger partial charge in [0.15, 0.2) is 5.13 Å². The zero-order valence-electron chi connectivity index (χ0n) is 24.0. The van der Waals surface area contributed by atoms with Crippen LogP contribution >= 0.6 is 23.1 Å². The number of amides is 3. The van der Waals surface area contributed by atoms with Gasteiger partial charge in [0.25, 0.3) is 5.91 Å². The number of aromatic nitrogens is 1. The molecule has 0 spiro atoms. The maximum Gasteiger partial charge on any atom is 0.446 e. The Hall–Kier alpha value is -4.10. The lowest BCUT2D eigenvalue weighted by Gasteiger charge is -2.24. The smallest absolute Gasteiger partial charge is 0.446 e. The molecule has 0 bridgehead atoms. The van der Waals surface area contributed by atoms with Crippen LogP contribution in [-0.4, -0.2) is 40.1 Å². The SMILES string of the molecule is O=C(O)CCNC(=O)c1ccc(C(NC(=O)Nc2nc3cc(SC(F)(F)F)ccc3s2)c2ccc(C3CCCCC3)cc2)cc1. The van der Waals surface area contributed by atoms with Gasteiger partial charge in [-0.05, 0) is 77.5 Å². The first-order chi connectivity index (χ1) is 21.5. The summed E-state index contributed by atoms with van der Waals surface area (Å²) in [7, 11) is 0. The number of carbonyl (C=O) groups excluding carboxylic acids is 2. The summed E-state index contributed by atoms with van der Waals surface area (Å²) in [6.07, 6.45) is 5.79. The van der Waals surface area contributed by atoms with Gasteiger partial charge in [-0.25, -0.2) is 9.78 Å². The number of fused-ring (bicyclic) bond motifs is 1. The first kappa shape index (κ1) is 32.3. The lowest BCUT2D eigenvalue weighted by Crippen LogP contribution is -2.33. The van der Waals surface area contributed by atoms with Crippen molar-refractivity contribution in [3.05, 3.63) is 89.0 Å². The minimum Gasteiger partial charge on any atom is -0.481 e. The highest BCUT2D eigenvalue weighted by Gasteiger charge is 2.29. The molecule has 1 fully saturated rings. The number of carboxylic acids is 1. The van der Waals surface area contributed by atoms with Crippen LogP contribution in [0.2, 0.25) is 0 Å². The van der Waals surface area contributed by atoms with E-state index in [2.05, 4.69) is 33.1 Å². The van der Waals surface area contributed by atoms with Crippen LogP contribution in [0.3, 0.4) is 0 Å². The number of nitrogens with one attached hydrogen (secondary N) is 3. The van der Waals surface area contributed by atoms with Gasteiger partial charge in [-0.3, -0.25) is 14.9 Å². The highest BCUT2D eigenvalue weighted by Crippen LogP contribution is 2.39. The van der Waals surface area contributed by atoms with Crippen LogP contribution in [0.1, 0.15) is 77.5 Å². The van der Waals surface area contributed by atoms with Crippen molar-refractivity contribution in [2.75, 3.05) is 11.9 Å². The second-order valence-electron chi connectivity index (χ2n) is 10.8. The van der Waals surface area contributed by atoms with Crippen molar-refractivity contribution in [1.29, 1.82) is 0 Å². The average molecular weight is 657 g/mol. The van der Waals surface area contributed by atoms with Gasteiger partial charge < -0.3 is 15.7 Å². The molecule has 1 aliphatic carbocycles. The lowest BCUT2D eigenvalue weighted by molar-refractivity contribution is -0.136. The van der Waals surface area contributed by atoms with E-state index < -0.39 is 29.5 Å².